The Bertz CT molecular complexity index is 808. The number of nitrogens with zero attached hydrogens (tertiary/aromatic N) is 1. The number of cyclic esters (lactones) is 1. The maximum Gasteiger partial charge on any atom is 0.307 e. The molecule has 22 heavy (non-hydrogen) atoms. The van der Waals surface area contributed by atoms with E-state index in [1.165, 1.54) is 0 Å². The van der Waals surface area contributed by atoms with Gasteiger partial charge in [0.1, 0.15) is 12.0 Å². The quantitative estimate of drug-likeness (QED) is 0.619. The number of fused-ring (bicyclic) bond motifs is 2. The molecular formula is C18H13NO3. The van der Waals surface area contributed by atoms with E-state index in [2.05, 4.69) is 11.5 Å². The minimum atomic E-state index is -0.918. The van der Waals surface area contributed by atoms with E-state index in [9.17, 15) is 9.59 Å². The summed E-state index contributed by atoms with van der Waals surface area (Å²) in [4.78, 5) is 26.3. The van der Waals surface area contributed by atoms with E-state index in [1.54, 1.807) is 11.0 Å². The number of allylic oxidation sites excluding steroid dienone is 3. The number of rotatable bonds is 2. The second-order valence-corrected chi connectivity index (χ2v) is 5.66. The van der Waals surface area contributed by atoms with Crippen LogP contribution in [-0.4, -0.2) is 23.4 Å². The molecule has 4 rings (SSSR count). The first-order valence-corrected chi connectivity index (χ1v) is 7.15. The van der Waals surface area contributed by atoms with Crippen LogP contribution in [0.3, 0.4) is 0 Å². The number of hydrogen-bond acceptors (Lipinski definition) is 3. The first-order chi connectivity index (χ1) is 10.7. The lowest BCUT2D eigenvalue weighted by molar-refractivity contribution is -0.138. The SMILES string of the molecule is O=C1CC2(CO1)C(=O)N(Cc1ccccc1)C1=CC=C=C=C12. The zero-order valence-corrected chi connectivity index (χ0v) is 11.8. The van der Waals surface area contributed by atoms with Gasteiger partial charge in [0.2, 0.25) is 5.91 Å². The second-order valence-electron chi connectivity index (χ2n) is 5.66. The number of hydrogen-bond donors (Lipinski definition) is 0. The Kier molecular flexibility index (Phi) is 2.70. The first-order valence-electron chi connectivity index (χ1n) is 7.15. The number of amides is 1. The number of ether oxygens (including phenoxy) is 1. The molecule has 0 radical (unpaired) electrons. The fourth-order valence-electron chi connectivity index (χ4n) is 3.22. The summed E-state index contributed by atoms with van der Waals surface area (Å²) in [5, 5.41) is 0. The van der Waals surface area contributed by atoms with Gasteiger partial charge in [0.05, 0.1) is 18.7 Å². The second kappa shape index (κ2) is 4.60. The standard InChI is InChI=1S/C18H13NO3/c20-16-10-18(12-22-16)14-8-4-5-9-15(14)19(17(18)21)11-13-6-2-1-3-7-13/h1-3,5-7,9H,10-12H2. The van der Waals surface area contributed by atoms with Gasteiger partial charge in [-0.2, -0.15) is 0 Å². The van der Waals surface area contributed by atoms with Crippen molar-refractivity contribution in [1.82, 2.24) is 4.90 Å². The molecule has 0 N–H and O–H groups in total. The molecule has 2 fully saturated rings. The molecule has 108 valence electrons. The van der Waals surface area contributed by atoms with E-state index in [4.69, 9.17) is 4.74 Å². The zero-order chi connectivity index (χ0) is 15.2. The largest absolute Gasteiger partial charge is 0.464 e. The van der Waals surface area contributed by atoms with Gasteiger partial charge in [-0.25, -0.2) is 0 Å². The molecule has 4 nitrogen and oxygen atoms in total. The number of carbonyl (C=O) groups is 2. The number of esters is 1. The smallest absolute Gasteiger partial charge is 0.307 e. The molecule has 1 aliphatic carbocycles. The van der Waals surface area contributed by atoms with Crippen molar-refractivity contribution in [2.24, 2.45) is 5.41 Å². The van der Waals surface area contributed by atoms with Crippen molar-refractivity contribution < 1.29 is 14.3 Å². The molecule has 0 bridgehead atoms. The van der Waals surface area contributed by atoms with Gasteiger partial charge < -0.3 is 9.64 Å². The third-order valence-corrected chi connectivity index (χ3v) is 4.31. The van der Waals surface area contributed by atoms with Gasteiger partial charge in [0.25, 0.3) is 0 Å². The van der Waals surface area contributed by atoms with Crippen LogP contribution in [-0.2, 0) is 20.9 Å². The van der Waals surface area contributed by atoms with E-state index in [-0.39, 0.29) is 24.9 Å². The Labute approximate surface area is 127 Å². The third-order valence-electron chi connectivity index (χ3n) is 4.31. The molecule has 0 saturated carbocycles. The minimum Gasteiger partial charge on any atom is -0.464 e. The molecule has 2 saturated heterocycles. The lowest BCUT2D eigenvalue weighted by Gasteiger charge is -2.19. The lowest BCUT2D eigenvalue weighted by atomic mass is 9.80. The molecule has 2 aliphatic heterocycles. The van der Waals surface area contributed by atoms with Crippen LogP contribution in [0.4, 0.5) is 0 Å². The van der Waals surface area contributed by atoms with Crippen molar-refractivity contribution in [2.45, 2.75) is 13.0 Å². The molecule has 1 aromatic carbocycles. The molecule has 1 aromatic rings. The van der Waals surface area contributed by atoms with Crippen molar-refractivity contribution in [2.75, 3.05) is 6.61 Å². The number of carbonyl (C=O) groups excluding carboxylic acids is 2. The van der Waals surface area contributed by atoms with Gasteiger partial charge in [-0.15, -0.1) is 0 Å². The predicted octanol–water partition coefficient (Wildman–Crippen LogP) is 2.10. The van der Waals surface area contributed by atoms with Crippen LogP contribution >= 0.6 is 0 Å². The van der Waals surface area contributed by atoms with E-state index in [0.29, 0.717) is 6.54 Å². The average Bonchev–Trinajstić information content (AvgIpc) is 3.04. The van der Waals surface area contributed by atoms with Gasteiger partial charge in [-0.05, 0) is 17.7 Å². The number of likely N-dealkylation sites (tertiary alicyclic amines) is 1. The molecule has 1 atom stereocenters. The fraction of sp³-hybridized carbons (Fsp3) is 0.222. The predicted molar refractivity (Wildman–Crippen MR) is 78.2 cm³/mol. The average molecular weight is 291 g/mol. The summed E-state index contributed by atoms with van der Waals surface area (Å²) in [6, 6.07) is 9.79. The summed E-state index contributed by atoms with van der Waals surface area (Å²) >= 11 is 0. The van der Waals surface area contributed by atoms with Crippen LogP contribution in [0, 0.1) is 5.41 Å². The summed E-state index contributed by atoms with van der Waals surface area (Å²) in [7, 11) is 0. The van der Waals surface area contributed by atoms with Gasteiger partial charge in [0, 0.05) is 5.57 Å². The fourth-order valence-corrected chi connectivity index (χ4v) is 3.22. The monoisotopic (exact) mass is 291 g/mol. The first kappa shape index (κ1) is 12.9. The molecule has 1 unspecified atom stereocenters. The summed E-state index contributed by atoms with van der Waals surface area (Å²) in [5.41, 5.74) is 7.56. The van der Waals surface area contributed by atoms with Gasteiger partial charge in [0.15, 0.2) is 0 Å². The van der Waals surface area contributed by atoms with E-state index >= 15 is 0 Å². The molecule has 0 aromatic heterocycles. The Balaban J connectivity index is 1.77. The normalized spacial score (nSPS) is 25.4. The Morgan fingerprint density at radius 3 is 2.77 bits per heavy atom. The van der Waals surface area contributed by atoms with E-state index < -0.39 is 5.41 Å². The van der Waals surface area contributed by atoms with Crippen LogP contribution in [0.15, 0.2) is 65.2 Å². The van der Waals surface area contributed by atoms with Gasteiger partial charge >= 0.3 is 5.97 Å². The van der Waals surface area contributed by atoms with Crippen LogP contribution in [0.5, 0.6) is 0 Å². The van der Waals surface area contributed by atoms with Crippen molar-refractivity contribution in [3.05, 3.63) is 70.8 Å². The maximum absolute atomic E-state index is 13.0. The van der Waals surface area contributed by atoms with Crippen molar-refractivity contribution in [3.8, 4) is 0 Å². The summed E-state index contributed by atoms with van der Waals surface area (Å²) < 4.78 is 5.10. The van der Waals surface area contributed by atoms with Crippen LogP contribution in [0.2, 0.25) is 0 Å². The molecule has 3 aliphatic rings. The molecule has 4 heteroatoms. The molecule has 1 spiro atoms. The van der Waals surface area contributed by atoms with E-state index in [0.717, 1.165) is 16.8 Å². The third kappa shape index (κ3) is 1.72. The van der Waals surface area contributed by atoms with Crippen molar-refractivity contribution in [3.63, 3.8) is 0 Å². The highest BCUT2D eigenvalue weighted by atomic mass is 16.5. The topological polar surface area (TPSA) is 46.6 Å². The summed E-state index contributed by atoms with van der Waals surface area (Å²) in [6.07, 6.45) is 3.67. The zero-order valence-electron chi connectivity index (χ0n) is 11.8. The highest BCUT2D eigenvalue weighted by Gasteiger charge is 2.58. The highest BCUT2D eigenvalue weighted by molar-refractivity contribution is 5.98. The van der Waals surface area contributed by atoms with Crippen molar-refractivity contribution in [1.29, 1.82) is 0 Å². The molecule has 2 heterocycles. The highest BCUT2D eigenvalue weighted by Crippen LogP contribution is 2.49. The van der Waals surface area contributed by atoms with Crippen LogP contribution < -0.4 is 0 Å². The number of benzene rings is 1. The Morgan fingerprint density at radius 2 is 2.05 bits per heavy atom. The Morgan fingerprint density at radius 1 is 1.23 bits per heavy atom. The summed E-state index contributed by atoms with van der Waals surface area (Å²) in [5.74, 6) is -0.425. The lowest BCUT2D eigenvalue weighted by Crippen LogP contribution is -2.35. The molecular weight excluding hydrogens is 278 g/mol. The van der Waals surface area contributed by atoms with Crippen LogP contribution in [0.25, 0.3) is 0 Å². The maximum atomic E-state index is 13.0. The van der Waals surface area contributed by atoms with Gasteiger partial charge in [-0.1, -0.05) is 41.8 Å². The van der Waals surface area contributed by atoms with Gasteiger partial charge in [-0.3, -0.25) is 9.59 Å². The van der Waals surface area contributed by atoms with E-state index in [1.807, 2.05) is 36.4 Å². The van der Waals surface area contributed by atoms with Crippen LogP contribution in [0.1, 0.15) is 12.0 Å². The summed E-state index contributed by atoms with van der Waals surface area (Å²) in [6.45, 7) is 0.567. The Hall–Kier alpha value is -2.80. The molecule has 1 amide bonds. The van der Waals surface area contributed by atoms with Crippen molar-refractivity contribution >= 4 is 11.9 Å². The minimum absolute atomic E-state index is 0.0818.